The van der Waals surface area contributed by atoms with Crippen LogP contribution in [0.2, 0.25) is 5.02 Å². The number of fused-ring (bicyclic) bond motifs is 1. The number of halogens is 2. The molecule has 2 aromatic carbocycles. The number of rotatable bonds is 10. The maximum absolute atomic E-state index is 14.6. The van der Waals surface area contributed by atoms with E-state index in [0.29, 0.717) is 35.2 Å². The van der Waals surface area contributed by atoms with E-state index >= 15 is 0 Å². The first kappa shape index (κ1) is 25.7. The molecule has 2 N–H and O–H groups in total. The van der Waals surface area contributed by atoms with Gasteiger partial charge >= 0.3 is 5.97 Å². The maximum Gasteiger partial charge on any atom is 0.341 e. The first-order chi connectivity index (χ1) is 16.2. The monoisotopic (exact) mass is 489 g/mol. The molecule has 34 heavy (non-hydrogen) atoms. The Labute approximate surface area is 202 Å². The molecule has 3 aromatic rings. The van der Waals surface area contributed by atoms with Crippen LogP contribution in [-0.4, -0.2) is 33.5 Å². The number of aromatic carboxylic acids is 1. The van der Waals surface area contributed by atoms with Gasteiger partial charge in [-0.1, -0.05) is 37.1 Å². The van der Waals surface area contributed by atoms with Crippen LogP contribution in [-0.2, 0) is 6.42 Å². The highest BCUT2D eigenvalue weighted by molar-refractivity contribution is 6.30. The summed E-state index contributed by atoms with van der Waals surface area (Å²) in [7, 11) is 0. The van der Waals surface area contributed by atoms with Crippen molar-refractivity contribution in [3.8, 4) is 5.75 Å². The topological polar surface area (TPSA) is 88.8 Å². The Kier molecular flexibility index (Phi) is 8.33. The van der Waals surface area contributed by atoms with Crippen molar-refractivity contribution in [1.29, 1.82) is 0 Å². The Bertz CT molecular complexity index is 1250. The molecule has 8 heteroatoms. The van der Waals surface area contributed by atoms with Crippen LogP contribution in [0.1, 0.15) is 67.6 Å². The first-order valence-electron chi connectivity index (χ1n) is 11.3. The van der Waals surface area contributed by atoms with Crippen LogP contribution in [0.15, 0.2) is 41.3 Å². The third-order valence-electron chi connectivity index (χ3n) is 5.70. The van der Waals surface area contributed by atoms with E-state index in [0.717, 1.165) is 6.42 Å². The lowest BCUT2D eigenvalue weighted by molar-refractivity contribution is 0.0694. The van der Waals surface area contributed by atoms with E-state index in [1.54, 1.807) is 28.8 Å². The van der Waals surface area contributed by atoms with Crippen LogP contribution in [0.4, 0.5) is 4.39 Å². The number of carbonyl (C=O) groups is 1. The quantitative estimate of drug-likeness (QED) is 0.387. The Morgan fingerprint density at radius 1 is 1.21 bits per heavy atom. The van der Waals surface area contributed by atoms with Gasteiger partial charge in [0.15, 0.2) is 0 Å². The Morgan fingerprint density at radius 3 is 2.56 bits per heavy atom. The summed E-state index contributed by atoms with van der Waals surface area (Å²) in [5.74, 6) is -1.41. The SMILES string of the molecule is CCCC(CCO)n1cc(C(=O)O)c(=O)c2cc(Cc3cccc(Cl)c3F)c(OC(C)C)cc21. The number of carboxylic acid groups (broad SMARTS) is 1. The summed E-state index contributed by atoms with van der Waals surface area (Å²) in [5.41, 5.74) is 0.404. The fraction of sp³-hybridized carbons (Fsp3) is 0.385. The fourth-order valence-electron chi connectivity index (χ4n) is 4.17. The van der Waals surface area contributed by atoms with Crippen molar-refractivity contribution in [2.24, 2.45) is 0 Å². The lowest BCUT2D eigenvalue weighted by Crippen LogP contribution is -2.22. The maximum atomic E-state index is 14.6. The van der Waals surface area contributed by atoms with Crippen LogP contribution < -0.4 is 10.2 Å². The zero-order chi connectivity index (χ0) is 25.0. The number of nitrogens with zero attached hydrogens (tertiary/aromatic N) is 1. The van der Waals surface area contributed by atoms with E-state index in [1.807, 2.05) is 20.8 Å². The van der Waals surface area contributed by atoms with Crippen LogP contribution in [0.25, 0.3) is 10.9 Å². The van der Waals surface area contributed by atoms with Gasteiger partial charge in [0.05, 0.1) is 16.6 Å². The number of benzene rings is 2. The smallest absolute Gasteiger partial charge is 0.341 e. The van der Waals surface area contributed by atoms with Crippen molar-refractivity contribution in [2.75, 3.05) is 6.61 Å². The van der Waals surface area contributed by atoms with Crippen molar-refractivity contribution >= 4 is 28.5 Å². The Hall–Kier alpha value is -2.90. The highest BCUT2D eigenvalue weighted by atomic mass is 35.5. The average Bonchev–Trinajstić information content (AvgIpc) is 2.77. The molecule has 0 saturated carbocycles. The summed E-state index contributed by atoms with van der Waals surface area (Å²) in [4.78, 5) is 25.0. The van der Waals surface area contributed by atoms with E-state index in [-0.39, 0.29) is 41.1 Å². The van der Waals surface area contributed by atoms with Crippen molar-refractivity contribution in [1.82, 2.24) is 4.57 Å². The standard InChI is InChI=1S/C26H29ClFNO5/c1-4-6-18(9-10-30)29-14-20(26(32)33)25(31)19-12-17(23(13-22(19)29)34-15(2)3)11-16-7-5-8-21(27)24(16)28/h5,7-8,12-15,18,30H,4,6,9-11H2,1-3H3,(H,32,33). The van der Waals surface area contributed by atoms with Crippen molar-refractivity contribution < 1.29 is 24.1 Å². The summed E-state index contributed by atoms with van der Waals surface area (Å²) >= 11 is 5.95. The lowest BCUT2D eigenvalue weighted by Gasteiger charge is -2.24. The number of aliphatic hydroxyl groups is 1. The minimum absolute atomic E-state index is 0.00783. The van der Waals surface area contributed by atoms with E-state index in [9.17, 15) is 24.2 Å². The zero-order valence-corrected chi connectivity index (χ0v) is 20.2. The molecule has 182 valence electrons. The molecule has 1 atom stereocenters. The van der Waals surface area contributed by atoms with Crippen LogP contribution in [0.5, 0.6) is 5.75 Å². The van der Waals surface area contributed by atoms with Gasteiger partial charge in [0.25, 0.3) is 0 Å². The van der Waals surface area contributed by atoms with Gasteiger partial charge in [-0.3, -0.25) is 4.79 Å². The van der Waals surface area contributed by atoms with E-state index in [1.165, 1.54) is 12.3 Å². The van der Waals surface area contributed by atoms with Crippen LogP contribution >= 0.6 is 11.6 Å². The molecule has 0 spiro atoms. The molecule has 0 bridgehead atoms. The third kappa shape index (κ3) is 5.42. The van der Waals surface area contributed by atoms with Crippen molar-refractivity contribution in [3.63, 3.8) is 0 Å². The molecule has 0 radical (unpaired) electrons. The normalized spacial score (nSPS) is 12.3. The van der Waals surface area contributed by atoms with Gasteiger partial charge in [0, 0.05) is 36.7 Å². The van der Waals surface area contributed by atoms with Crippen molar-refractivity contribution in [2.45, 2.75) is 58.6 Å². The van der Waals surface area contributed by atoms with Gasteiger partial charge in [0.2, 0.25) is 5.43 Å². The van der Waals surface area contributed by atoms with Gasteiger partial charge in [-0.15, -0.1) is 0 Å². The molecule has 0 aliphatic heterocycles. The molecule has 6 nitrogen and oxygen atoms in total. The number of hydrogen-bond acceptors (Lipinski definition) is 4. The Morgan fingerprint density at radius 2 is 1.94 bits per heavy atom. The number of aromatic nitrogens is 1. The number of carboxylic acids is 1. The minimum Gasteiger partial charge on any atom is -0.491 e. The third-order valence-corrected chi connectivity index (χ3v) is 5.99. The predicted octanol–water partition coefficient (Wildman–Crippen LogP) is 5.59. The molecule has 3 rings (SSSR count). The van der Waals surface area contributed by atoms with Gasteiger partial charge < -0.3 is 19.5 Å². The number of pyridine rings is 1. The number of aliphatic hydroxyl groups excluding tert-OH is 1. The summed E-state index contributed by atoms with van der Waals surface area (Å²) in [5, 5.41) is 19.5. The molecule has 0 fully saturated rings. The summed E-state index contributed by atoms with van der Waals surface area (Å²) in [6.45, 7) is 5.64. The Balaban J connectivity index is 2.33. The second-order valence-corrected chi connectivity index (χ2v) is 8.98. The number of ether oxygens (including phenoxy) is 1. The van der Waals surface area contributed by atoms with Crippen LogP contribution in [0, 0.1) is 5.82 Å². The molecule has 0 saturated heterocycles. The van der Waals surface area contributed by atoms with E-state index in [4.69, 9.17) is 16.3 Å². The van der Waals surface area contributed by atoms with E-state index < -0.39 is 17.2 Å². The average molecular weight is 490 g/mol. The van der Waals surface area contributed by atoms with Gasteiger partial charge in [-0.25, -0.2) is 9.18 Å². The summed E-state index contributed by atoms with van der Waals surface area (Å²) < 4.78 is 22.4. The zero-order valence-electron chi connectivity index (χ0n) is 19.5. The molecule has 0 aliphatic carbocycles. The molecular formula is C26H29ClFNO5. The van der Waals surface area contributed by atoms with Gasteiger partial charge in [-0.05, 0) is 49.9 Å². The molecule has 0 aliphatic rings. The summed E-state index contributed by atoms with van der Waals surface area (Å²) in [6.07, 6.45) is 3.16. The van der Waals surface area contributed by atoms with Crippen molar-refractivity contribution in [3.05, 3.63) is 74.3 Å². The highest BCUT2D eigenvalue weighted by Gasteiger charge is 2.22. The predicted molar refractivity (Wildman–Crippen MR) is 131 cm³/mol. The number of hydrogen-bond donors (Lipinski definition) is 2. The molecule has 1 aromatic heterocycles. The second-order valence-electron chi connectivity index (χ2n) is 8.57. The first-order valence-corrected chi connectivity index (χ1v) is 11.7. The highest BCUT2D eigenvalue weighted by Crippen LogP contribution is 2.32. The molecule has 1 unspecified atom stereocenters. The minimum atomic E-state index is -1.33. The van der Waals surface area contributed by atoms with E-state index in [2.05, 4.69) is 0 Å². The fourth-order valence-corrected chi connectivity index (χ4v) is 4.37. The largest absolute Gasteiger partial charge is 0.491 e. The van der Waals surface area contributed by atoms with Crippen LogP contribution in [0.3, 0.4) is 0 Å². The second kappa shape index (κ2) is 11.0. The lowest BCUT2D eigenvalue weighted by atomic mass is 9.99. The summed E-state index contributed by atoms with van der Waals surface area (Å²) in [6, 6.07) is 7.79. The molecule has 1 heterocycles. The van der Waals surface area contributed by atoms with Gasteiger partial charge in [0.1, 0.15) is 17.1 Å². The molecule has 0 amide bonds. The molecular weight excluding hydrogens is 461 g/mol. The van der Waals surface area contributed by atoms with Gasteiger partial charge in [-0.2, -0.15) is 0 Å².